The molecule has 2 aromatic carbocycles. The van der Waals surface area contributed by atoms with Gasteiger partial charge in [0.15, 0.2) is 0 Å². The molecule has 0 aliphatic heterocycles. The van der Waals surface area contributed by atoms with Gasteiger partial charge in [-0.3, -0.25) is 0 Å². The summed E-state index contributed by atoms with van der Waals surface area (Å²) in [6, 6.07) is 9.27. The standard InChI is InChI=1S/C15H12BrClFNO2/c1-21-15(20)9-3-5-13(17)14(6-9)19-8-10-2-4-11(18)7-12(10)16/h2-7,19H,8H2,1H3. The molecule has 1 N–H and O–H groups in total. The minimum atomic E-state index is -0.433. The van der Waals surface area contributed by atoms with E-state index in [0.717, 1.165) is 5.56 Å². The predicted molar refractivity (Wildman–Crippen MR) is 84.2 cm³/mol. The van der Waals surface area contributed by atoms with Crippen LogP contribution in [0.4, 0.5) is 10.1 Å². The Bertz CT molecular complexity index is 679. The molecule has 0 aliphatic rings. The van der Waals surface area contributed by atoms with Gasteiger partial charge >= 0.3 is 5.97 Å². The van der Waals surface area contributed by atoms with Crippen LogP contribution in [0.15, 0.2) is 40.9 Å². The molecule has 0 unspecified atom stereocenters. The number of halogens is 3. The van der Waals surface area contributed by atoms with Gasteiger partial charge in [-0.1, -0.05) is 33.6 Å². The lowest BCUT2D eigenvalue weighted by atomic mass is 10.2. The molecule has 0 fully saturated rings. The number of nitrogens with one attached hydrogen (secondary N) is 1. The summed E-state index contributed by atoms with van der Waals surface area (Å²) >= 11 is 9.39. The van der Waals surface area contributed by atoms with E-state index in [1.807, 2.05) is 0 Å². The predicted octanol–water partition coefficient (Wildman–Crippen LogP) is 4.64. The van der Waals surface area contributed by atoms with E-state index in [1.54, 1.807) is 24.3 Å². The quantitative estimate of drug-likeness (QED) is 0.795. The van der Waals surface area contributed by atoms with Crippen molar-refractivity contribution in [1.82, 2.24) is 0 Å². The first-order chi connectivity index (χ1) is 10.0. The fourth-order valence-corrected chi connectivity index (χ4v) is 2.44. The van der Waals surface area contributed by atoms with E-state index in [2.05, 4.69) is 26.0 Å². The summed E-state index contributed by atoms with van der Waals surface area (Å²) in [5.74, 6) is -0.742. The van der Waals surface area contributed by atoms with Crippen molar-refractivity contribution in [3.05, 3.63) is 62.8 Å². The van der Waals surface area contributed by atoms with Crippen LogP contribution in [-0.2, 0) is 11.3 Å². The molecule has 0 amide bonds. The Hall–Kier alpha value is -1.59. The average Bonchev–Trinajstić information content (AvgIpc) is 2.47. The molecule has 0 aromatic heterocycles. The molecule has 0 aliphatic carbocycles. The highest BCUT2D eigenvalue weighted by atomic mass is 79.9. The van der Waals surface area contributed by atoms with Crippen LogP contribution in [0, 0.1) is 5.82 Å². The zero-order valence-electron chi connectivity index (χ0n) is 11.1. The van der Waals surface area contributed by atoms with Gasteiger partial charge in [-0.2, -0.15) is 0 Å². The van der Waals surface area contributed by atoms with Crippen LogP contribution in [0.2, 0.25) is 5.02 Å². The Balaban J connectivity index is 2.17. The van der Waals surface area contributed by atoms with Gasteiger partial charge in [-0.05, 0) is 35.9 Å². The van der Waals surface area contributed by atoms with E-state index in [9.17, 15) is 9.18 Å². The van der Waals surface area contributed by atoms with Crippen LogP contribution in [0.1, 0.15) is 15.9 Å². The fourth-order valence-electron chi connectivity index (χ4n) is 1.76. The highest BCUT2D eigenvalue weighted by molar-refractivity contribution is 9.10. The molecule has 21 heavy (non-hydrogen) atoms. The van der Waals surface area contributed by atoms with Crippen molar-refractivity contribution >= 4 is 39.2 Å². The summed E-state index contributed by atoms with van der Waals surface area (Å²) in [6.45, 7) is 0.436. The molecule has 3 nitrogen and oxygen atoms in total. The summed E-state index contributed by atoms with van der Waals surface area (Å²) in [5.41, 5.74) is 1.88. The number of esters is 1. The van der Waals surface area contributed by atoms with Crippen LogP contribution in [0.3, 0.4) is 0 Å². The summed E-state index contributed by atoms with van der Waals surface area (Å²) in [4.78, 5) is 11.5. The lowest BCUT2D eigenvalue weighted by Gasteiger charge is -2.11. The first-order valence-electron chi connectivity index (χ1n) is 6.07. The van der Waals surface area contributed by atoms with Crippen molar-refractivity contribution in [2.45, 2.75) is 6.54 Å². The Kier molecular flexibility index (Phi) is 5.20. The van der Waals surface area contributed by atoms with Gasteiger partial charge in [0, 0.05) is 11.0 Å². The van der Waals surface area contributed by atoms with Crippen molar-refractivity contribution in [2.75, 3.05) is 12.4 Å². The normalized spacial score (nSPS) is 10.3. The van der Waals surface area contributed by atoms with Crippen molar-refractivity contribution in [3.63, 3.8) is 0 Å². The zero-order valence-corrected chi connectivity index (χ0v) is 13.5. The fraction of sp³-hybridized carbons (Fsp3) is 0.133. The lowest BCUT2D eigenvalue weighted by molar-refractivity contribution is 0.0601. The zero-order chi connectivity index (χ0) is 15.4. The number of rotatable bonds is 4. The number of hydrogen-bond acceptors (Lipinski definition) is 3. The molecule has 110 valence electrons. The summed E-state index contributed by atoms with van der Waals surface area (Å²) in [7, 11) is 1.32. The minimum Gasteiger partial charge on any atom is -0.465 e. The van der Waals surface area contributed by atoms with E-state index in [1.165, 1.54) is 19.2 Å². The summed E-state index contributed by atoms with van der Waals surface area (Å²) in [5, 5.41) is 3.60. The van der Waals surface area contributed by atoms with Crippen LogP contribution >= 0.6 is 27.5 Å². The Labute approximate surface area is 135 Å². The van der Waals surface area contributed by atoms with Crippen molar-refractivity contribution in [1.29, 1.82) is 0 Å². The second-order valence-electron chi connectivity index (χ2n) is 4.28. The van der Waals surface area contributed by atoms with E-state index >= 15 is 0 Å². The maximum Gasteiger partial charge on any atom is 0.337 e. The number of anilines is 1. The topological polar surface area (TPSA) is 38.3 Å². The Morgan fingerprint density at radius 1 is 1.33 bits per heavy atom. The van der Waals surface area contributed by atoms with Gasteiger partial charge in [-0.25, -0.2) is 9.18 Å². The second-order valence-corrected chi connectivity index (χ2v) is 5.54. The van der Waals surface area contributed by atoms with Gasteiger partial charge in [-0.15, -0.1) is 0 Å². The largest absolute Gasteiger partial charge is 0.465 e. The number of hydrogen-bond donors (Lipinski definition) is 1. The van der Waals surface area contributed by atoms with Crippen LogP contribution in [0.25, 0.3) is 0 Å². The SMILES string of the molecule is COC(=O)c1ccc(Cl)c(NCc2ccc(F)cc2Br)c1. The van der Waals surface area contributed by atoms with Crippen LogP contribution in [0.5, 0.6) is 0 Å². The highest BCUT2D eigenvalue weighted by Gasteiger charge is 2.09. The summed E-state index contributed by atoms with van der Waals surface area (Å²) < 4.78 is 18.4. The third kappa shape index (κ3) is 3.95. The Morgan fingerprint density at radius 2 is 2.10 bits per heavy atom. The first-order valence-corrected chi connectivity index (χ1v) is 7.24. The number of carbonyl (C=O) groups is 1. The smallest absolute Gasteiger partial charge is 0.337 e. The van der Waals surface area contributed by atoms with Gasteiger partial charge in [0.25, 0.3) is 0 Å². The third-order valence-corrected chi connectivity index (χ3v) is 3.94. The molecule has 0 saturated carbocycles. The van der Waals surface area contributed by atoms with Crippen LogP contribution in [-0.4, -0.2) is 13.1 Å². The molecular formula is C15H12BrClFNO2. The Morgan fingerprint density at radius 3 is 2.76 bits per heavy atom. The van der Waals surface area contributed by atoms with E-state index in [-0.39, 0.29) is 5.82 Å². The third-order valence-electron chi connectivity index (χ3n) is 2.87. The monoisotopic (exact) mass is 371 g/mol. The minimum absolute atomic E-state index is 0.309. The lowest BCUT2D eigenvalue weighted by Crippen LogP contribution is -2.05. The van der Waals surface area contributed by atoms with Gasteiger partial charge in [0.2, 0.25) is 0 Å². The maximum atomic E-state index is 13.0. The van der Waals surface area contributed by atoms with E-state index < -0.39 is 5.97 Å². The molecule has 0 spiro atoms. The van der Waals surface area contributed by atoms with Crippen molar-refractivity contribution in [3.8, 4) is 0 Å². The van der Waals surface area contributed by atoms with E-state index in [0.29, 0.717) is 27.3 Å². The molecule has 0 heterocycles. The molecule has 0 atom stereocenters. The molecule has 0 radical (unpaired) electrons. The number of carbonyl (C=O) groups excluding carboxylic acids is 1. The molecule has 2 aromatic rings. The summed E-state index contributed by atoms with van der Waals surface area (Å²) in [6.07, 6.45) is 0. The average molecular weight is 373 g/mol. The van der Waals surface area contributed by atoms with Gasteiger partial charge in [0.1, 0.15) is 5.82 Å². The number of methoxy groups -OCH3 is 1. The molecule has 6 heteroatoms. The molecule has 2 rings (SSSR count). The van der Waals surface area contributed by atoms with Gasteiger partial charge < -0.3 is 10.1 Å². The maximum absolute atomic E-state index is 13.0. The molecule has 0 saturated heterocycles. The van der Waals surface area contributed by atoms with E-state index in [4.69, 9.17) is 11.6 Å². The number of ether oxygens (including phenoxy) is 1. The highest BCUT2D eigenvalue weighted by Crippen LogP contribution is 2.25. The second kappa shape index (κ2) is 6.91. The molecule has 0 bridgehead atoms. The first kappa shape index (κ1) is 15.8. The van der Waals surface area contributed by atoms with Gasteiger partial charge in [0.05, 0.1) is 23.4 Å². The van der Waals surface area contributed by atoms with Crippen molar-refractivity contribution in [2.24, 2.45) is 0 Å². The van der Waals surface area contributed by atoms with Crippen LogP contribution < -0.4 is 5.32 Å². The number of benzene rings is 2. The molecular weight excluding hydrogens is 361 g/mol. The van der Waals surface area contributed by atoms with Crippen molar-refractivity contribution < 1.29 is 13.9 Å².